The van der Waals surface area contributed by atoms with Gasteiger partial charge in [0, 0.05) is 0 Å². The lowest BCUT2D eigenvalue weighted by Crippen LogP contribution is -1.91. The van der Waals surface area contributed by atoms with Crippen LogP contribution in [0.4, 0.5) is 13.2 Å². The summed E-state index contributed by atoms with van der Waals surface area (Å²) in [6.07, 6.45) is 1.40. The lowest BCUT2D eigenvalue weighted by atomic mass is 10.2. The molecule has 19 heavy (non-hydrogen) atoms. The van der Waals surface area contributed by atoms with E-state index >= 15 is 0 Å². The maximum absolute atomic E-state index is 12.9. The first-order valence-electron chi connectivity index (χ1n) is 5.50. The minimum absolute atomic E-state index is 0.0227. The van der Waals surface area contributed by atoms with Gasteiger partial charge in [-0.1, -0.05) is 23.4 Å². The zero-order valence-corrected chi connectivity index (χ0v) is 9.82. The normalized spacial score (nSPS) is 10.9. The largest absolute Gasteiger partial charge is 0.391 e. The van der Waals surface area contributed by atoms with Crippen LogP contribution in [0.25, 0.3) is 0 Å². The number of nitrogens with zero attached hydrogens (tertiary/aromatic N) is 1. The van der Waals surface area contributed by atoms with E-state index in [4.69, 9.17) is 4.84 Å². The van der Waals surface area contributed by atoms with Crippen LogP contribution in [-0.2, 0) is 11.4 Å². The van der Waals surface area contributed by atoms with Gasteiger partial charge in [0.2, 0.25) is 0 Å². The third kappa shape index (κ3) is 3.84. The molecule has 0 saturated heterocycles. The van der Waals surface area contributed by atoms with Crippen LogP contribution in [0, 0.1) is 17.5 Å². The smallest absolute Gasteiger partial charge is 0.159 e. The van der Waals surface area contributed by atoms with E-state index < -0.39 is 11.6 Å². The molecule has 2 nitrogen and oxygen atoms in total. The van der Waals surface area contributed by atoms with Crippen LogP contribution < -0.4 is 0 Å². The summed E-state index contributed by atoms with van der Waals surface area (Å²) in [6.45, 7) is 0.0227. The molecule has 0 aliphatic heterocycles. The van der Waals surface area contributed by atoms with E-state index in [1.165, 1.54) is 24.4 Å². The summed E-state index contributed by atoms with van der Waals surface area (Å²) in [5.41, 5.74) is 1.14. The zero-order chi connectivity index (χ0) is 13.7. The molecule has 0 saturated carbocycles. The van der Waals surface area contributed by atoms with E-state index in [9.17, 15) is 13.2 Å². The van der Waals surface area contributed by atoms with Gasteiger partial charge in [-0.15, -0.1) is 0 Å². The van der Waals surface area contributed by atoms with Crippen molar-refractivity contribution in [1.82, 2.24) is 0 Å². The highest BCUT2D eigenvalue weighted by Crippen LogP contribution is 2.09. The SMILES string of the molecule is Fc1ccc(C=NOCc2ccc(F)c(F)c2)cc1. The third-order valence-corrected chi connectivity index (χ3v) is 2.36. The molecule has 0 spiro atoms. The van der Waals surface area contributed by atoms with E-state index in [0.29, 0.717) is 11.1 Å². The van der Waals surface area contributed by atoms with Gasteiger partial charge in [-0.05, 0) is 35.4 Å². The van der Waals surface area contributed by atoms with E-state index in [2.05, 4.69) is 5.16 Å². The van der Waals surface area contributed by atoms with Crippen LogP contribution in [0.2, 0.25) is 0 Å². The predicted molar refractivity (Wildman–Crippen MR) is 65.1 cm³/mol. The topological polar surface area (TPSA) is 21.6 Å². The summed E-state index contributed by atoms with van der Waals surface area (Å²) in [6, 6.07) is 9.17. The Morgan fingerprint density at radius 1 is 0.947 bits per heavy atom. The fourth-order valence-corrected chi connectivity index (χ4v) is 1.39. The molecule has 0 fully saturated rings. The van der Waals surface area contributed by atoms with Crippen LogP contribution in [0.15, 0.2) is 47.6 Å². The Bertz CT molecular complexity index is 582. The first kappa shape index (κ1) is 13.1. The molecule has 2 aromatic carbocycles. The molecular weight excluding hydrogens is 255 g/mol. The zero-order valence-electron chi connectivity index (χ0n) is 9.82. The van der Waals surface area contributed by atoms with Crippen LogP contribution in [0.3, 0.4) is 0 Å². The molecule has 0 aromatic heterocycles. The summed E-state index contributed by atoms with van der Waals surface area (Å²) in [4.78, 5) is 4.94. The van der Waals surface area contributed by atoms with Crippen molar-refractivity contribution in [1.29, 1.82) is 0 Å². The Balaban J connectivity index is 1.89. The molecule has 0 N–H and O–H groups in total. The predicted octanol–water partition coefficient (Wildman–Crippen LogP) is 3.65. The highest BCUT2D eigenvalue weighted by Gasteiger charge is 2.02. The molecule has 0 aliphatic rings. The molecule has 2 aromatic rings. The Kier molecular flexibility index (Phi) is 4.18. The first-order valence-corrected chi connectivity index (χ1v) is 5.50. The number of benzene rings is 2. The van der Waals surface area contributed by atoms with Crippen molar-refractivity contribution >= 4 is 6.21 Å². The maximum atomic E-state index is 12.9. The van der Waals surface area contributed by atoms with Gasteiger partial charge in [0.1, 0.15) is 12.4 Å². The molecule has 5 heteroatoms. The molecule has 0 bridgehead atoms. The number of rotatable bonds is 4. The second kappa shape index (κ2) is 6.04. The molecule has 0 unspecified atom stereocenters. The highest BCUT2D eigenvalue weighted by atomic mass is 19.2. The number of hydrogen-bond acceptors (Lipinski definition) is 2. The van der Waals surface area contributed by atoms with Gasteiger partial charge in [0.25, 0.3) is 0 Å². The highest BCUT2D eigenvalue weighted by molar-refractivity contribution is 5.78. The summed E-state index contributed by atoms with van der Waals surface area (Å²) in [5.74, 6) is -2.16. The van der Waals surface area contributed by atoms with Gasteiger partial charge in [-0.25, -0.2) is 13.2 Å². The number of oxime groups is 1. The molecule has 2 rings (SSSR count). The van der Waals surface area contributed by atoms with Crippen molar-refractivity contribution in [3.05, 3.63) is 71.0 Å². The molecule has 0 aliphatic carbocycles. The number of halogens is 3. The van der Waals surface area contributed by atoms with Gasteiger partial charge >= 0.3 is 0 Å². The van der Waals surface area contributed by atoms with Crippen molar-refractivity contribution in [3.63, 3.8) is 0 Å². The average molecular weight is 265 g/mol. The second-order valence-corrected chi connectivity index (χ2v) is 3.81. The lowest BCUT2D eigenvalue weighted by molar-refractivity contribution is 0.132. The number of hydrogen-bond donors (Lipinski definition) is 0. The molecule has 0 radical (unpaired) electrons. The fraction of sp³-hybridized carbons (Fsp3) is 0.0714. The van der Waals surface area contributed by atoms with Crippen molar-refractivity contribution in [3.8, 4) is 0 Å². The van der Waals surface area contributed by atoms with Crippen molar-refractivity contribution in [2.75, 3.05) is 0 Å². The molecule has 0 heterocycles. The van der Waals surface area contributed by atoms with Gasteiger partial charge in [-0.2, -0.15) is 0 Å². The Hall–Kier alpha value is -2.30. The minimum atomic E-state index is -0.927. The molecule has 0 amide bonds. The quantitative estimate of drug-likeness (QED) is 0.610. The van der Waals surface area contributed by atoms with Crippen LogP contribution in [0.1, 0.15) is 11.1 Å². The van der Waals surface area contributed by atoms with Crippen LogP contribution in [0.5, 0.6) is 0 Å². The van der Waals surface area contributed by atoms with Gasteiger partial charge in [0.05, 0.1) is 6.21 Å². The standard InChI is InChI=1S/C14H10F3NO/c15-12-4-1-10(2-5-12)8-18-19-9-11-3-6-13(16)14(17)7-11/h1-8H,9H2. The fourth-order valence-electron chi connectivity index (χ4n) is 1.39. The second-order valence-electron chi connectivity index (χ2n) is 3.81. The van der Waals surface area contributed by atoms with Crippen molar-refractivity contribution < 1.29 is 18.0 Å². The van der Waals surface area contributed by atoms with Gasteiger partial charge < -0.3 is 4.84 Å². The Morgan fingerprint density at radius 2 is 1.68 bits per heavy atom. The lowest BCUT2D eigenvalue weighted by Gasteiger charge is -2.00. The van der Waals surface area contributed by atoms with Crippen LogP contribution >= 0.6 is 0 Å². The van der Waals surface area contributed by atoms with E-state index in [-0.39, 0.29) is 12.4 Å². The summed E-state index contributed by atoms with van der Waals surface area (Å²) in [7, 11) is 0. The monoisotopic (exact) mass is 265 g/mol. The van der Waals surface area contributed by atoms with Crippen LogP contribution in [-0.4, -0.2) is 6.21 Å². The molecule has 0 atom stereocenters. The van der Waals surface area contributed by atoms with Gasteiger partial charge in [-0.3, -0.25) is 0 Å². The van der Waals surface area contributed by atoms with Crippen molar-refractivity contribution in [2.24, 2.45) is 5.16 Å². The Morgan fingerprint density at radius 3 is 2.37 bits per heavy atom. The molecular formula is C14H10F3NO. The average Bonchev–Trinajstić information content (AvgIpc) is 2.41. The van der Waals surface area contributed by atoms with Gasteiger partial charge in [0.15, 0.2) is 11.6 Å². The van der Waals surface area contributed by atoms with E-state index in [1.54, 1.807) is 12.1 Å². The Labute approximate surface area is 108 Å². The van der Waals surface area contributed by atoms with Crippen molar-refractivity contribution in [2.45, 2.75) is 6.61 Å². The summed E-state index contributed by atoms with van der Waals surface area (Å²) >= 11 is 0. The first-order chi connectivity index (χ1) is 9.15. The summed E-state index contributed by atoms with van der Waals surface area (Å²) in [5, 5.41) is 3.66. The maximum Gasteiger partial charge on any atom is 0.159 e. The van der Waals surface area contributed by atoms with E-state index in [0.717, 1.165) is 12.1 Å². The minimum Gasteiger partial charge on any atom is -0.391 e. The summed E-state index contributed by atoms with van der Waals surface area (Å²) < 4.78 is 38.2. The molecule has 98 valence electrons. The third-order valence-electron chi connectivity index (χ3n) is 2.36. The van der Waals surface area contributed by atoms with E-state index in [1.807, 2.05) is 0 Å².